The maximum atomic E-state index is 11.7. The fourth-order valence-corrected chi connectivity index (χ4v) is 1.14. The van der Waals surface area contributed by atoms with Gasteiger partial charge in [0.15, 0.2) is 0 Å². The molecule has 0 heterocycles. The van der Waals surface area contributed by atoms with Crippen LogP contribution in [0.15, 0.2) is 0 Å². The summed E-state index contributed by atoms with van der Waals surface area (Å²) in [7, 11) is 0. The third-order valence-corrected chi connectivity index (χ3v) is 2.28. The van der Waals surface area contributed by atoms with Crippen molar-refractivity contribution in [3.63, 3.8) is 0 Å². The summed E-state index contributed by atoms with van der Waals surface area (Å²) in [6, 6.07) is 0. The van der Waals surface area contributed by atoms with Gasteiger partial charge in [0.1, 0.15) is 11.2 Å². The van der Waals surface area contributed by atoms with E-state index in [-0.39, 0.29) is 31.7 Å². The number of ether oxygens (including phenoxy) is 1. The van der Waals surface area contributed by atoms with Crippen molar-refractivity contribution in [3.8, 4) is 0 Å². The van der Waals surface area contributed by atoms with E-state index < -0.39 is 17.4 Å². The van der Waals surface area contributed by atoms with E-state index in [2.05, 4.69) is 0 Å². The van der Waals surface area contributed by atoms with E-state index in [1.807, 2.05) is 0 Å². The van der Waals surface area contributed by atoms with E-state index in [0.29, 0.717) is 0 Å². The normalized spacial score (nSPS) is 10.9. The van der Waals surface area contributed by atoms with Gasteiger partial charge in [-0.25, -0.2) is 0 Å². The molecule has 0 atom stereocenters. The number of rotatable bonds is 7. The van der Waals surface area contributed by atoms with E-state index in [1.165, 1.54) is 13.8 Å². The van der Waals surface area contributed by atoms with Crippen LogP contribution in [0.25, 0.3) is 0 Å². The summed E-state index contributed by atoms with van der Waals surface area (Å²) in [5.74, 6) is -1.79. The molecule has 92 valence electrons. The smallest absolute Gasteiger partial charge is 0.319 e. The molecule has 0 aliphatic rings. The Bertz CT molecular complexity index is 280. The van der Waals surface area contributed by atoms with Crippen LogP contribution < -0.4 is 0 Å². The van der Waals surface area contributed by atoms with Gasteiger partial charge in [-0.1, -0.05) is 0 Å². The third-order valence-electron chi connectivity index (χ3n) is 2.28. The maximum Gasteiger partial charge on any atom is 0.319 e. The van der Waals surface area contributed by atoms with Crippen LogP contribution in [0.2, 0.25) is 0 Å². The Labute approximate surface area is 94.8 Å². The highest BCUT2D eigenvalue weighted by Gasteiger charge is 2.36. The zero-order valence-electron chi connectivity index (χ0n) is 9.91. The van der Waals surface area contributed by atoms with Crippen molar-refractivity contribution in [2.45, 2.75) is 40.0 Å². The summed E-state index contributed by atoms with van der Waals surface area (Å²) in [6.45, 7) is 4.88. The van der Waals surface area contributed by atoms with Crippen molar-refractivity contribution in [2.24, 2.45) is 5.41 Å². The number of esters is 1. The van der Waals surface area contributed by atoms with Gasteiger partial charge in [0, 0.05) is 12.8 Å². The molecule has 0 unspecified atom stereocenters. The molecule has 0 saturated heterocycles. The minimum absolute atomic E-state index is 0.0648. The number of hydrogen-bond donors (Lipinski definition) is 1. The Hall–Kier alpha value is -1.39. The van der Waals surface area contributed by atoms with Crippen LogP contribution in [0.3, 0.4) is 0 Å². The summed E-state index contributed by atoms with van der Waals surface area (Å²) in [4.78, 5) is 33.4. The molecule has 0 saturated carbocycles. The standard InChI is InChI=1S/C11H18O5/c1-4-16-10(15)11(2,3)8(12)6-5-7-9(13)14/h4-7H2,1-3H3,(H,13,14). The van der Waals surface area contributed by atoms with Crippen LogP contribution in [0.1, 0.15) is 40.0 Å². The lowest BCUT2D eigenvalue weighted by atomic mass is 9.85. The fourth-order valence-electron chi connectivity index (χ4n) is 1.14. The summed E-state index contributed by atoms with van der Waals surface area (Å²) >= 11 is 0. The number of aliphatic carboxylic acids is 1. The maximum absolute atomic E-state index is 11.7. The first-order valence-corrected chi connectivity index (χ1v) is 5.24. The van der Waals surface area contributed by atoms with E-state index >= 15 is 0 Å². The molecule has 5 heteroatoms. The lowest BCUT2D eigenvalue weighted by Crippen LogP contribution is -2.35. The molecule has 16 heavy (non-hydrogen) atoms. The second kappa shape index (κ2) is 6.25. The summed E-state index contributed by atoms with van der Waals surface area (Å²) in [5, 5.41) is 8.42. The predicted molar refractivity (Wildman–Crippen MR) is 56.9 cm³/mol. The second-order valence-electron chi connectivity index (χ2n) is 4.02. The van der Waals surface area contributed by atoms with Crippen LogP contribution in [-0.4, -0.2) is 29.4 Å². The number of Topliss-reactive ketones (excluding diaryl/α,β-unsaturated/α-hetero) is 1. The van der Waals surface area contributed by atoms with Crippen LogP contribution in [-0.2, 0) is 19.1 Å². The molecule has 0 aliphatic carbocycles. The molecule has 0 aliphatic heterocycles. The number of hydrogen-bond acceptors (Lipinski definition) is 4. The molecule has 0 rings (SSSR count). The van der Waals surface area contributed by atoms with E-state index in [4.69, 9.17) is 9.84 Å². The van der Waals surface area contributed by atoms with Crippen molar-refractivity contribution in [1.29, 1.82) is 0 Å². The summed E-state index contributed by atoms with van der Waals surface area (Å²) < 4.78 is 4.78. The van der Waals surface area contributed by atoms with Gasteiger partial charge in [-0.15, -0.1) is 0 Å². The second-order valence-corrected chi connectivity index (χ2v) is 4.02. The van der Waals surface area contributed by atoms with Gasteiger partial charge < -0.3 is 9.84 Å². The molecule has 0 radical (unpaired) electrons. The van der Waals surface area contributed by atoms with Gasteiger partial charge in [-0.2, -0.15) is 0 Å². The third kappa shape index (κ3) is 4.42. The molecule has 0 bridgehead atoms. The number of carboxylic acid groups (broad SMARTS) is 1. The molecule has 0 spiro atoms. The van der Waals surface area contributed by atoms with Crippen molar-refractivity contribution >= 4 is 17.7 Å². The highest BCUT2D eigenvalue weighted by atomic mass is 16.5. The monoisotopic (exact) mass is 230 g/mol. The van der Waals surface area contributed by atoms with Gasteiger partial charge >= 0.3 is 11.9 Å². The minimum Gasteiger partial charge on any atom is -0.481 e. The van der Waals surface area contributed by atoms with Crippen LogP contribution in [0.4, 0.5) is 0 Å². The lowest BCUT2D eigenvalue weighted by Gasteiger charge is -2.20. The van der Waals surface area contributed by atoms with Crippen molar-refractivity contribution in [2.75, 3.05) is 6.61 Å². The van der Waals surface area contributed by atoms with Crippen LogP contribution in [0.5, 0.6) is 0 Å². The van der Waals surface area contributed by atoms with Gasteiger partial charge in [0.05, 0.1) is 6.61 Å². The molecular weight excluding hydrogens is 212 g/mol. The van der Waals surface area contributed by atoms with Crippen molar-refractivity contribution < 1.29 is 24.2 Å². The van der Waals surface area contributed by atoms with Gasteiger partial charge in [0.25, 0.3) is 0 Å². The van der Waals surface area contributed by atoms with Gasteiger partial charge in [0.2, 0.25) is 0 Å². The van der Waals surface area contributed by atoms with Crippen LogP contribution in [0, 0.1) is 5.41 Å². The number of ketones is 1. The van der Waals surface area contributed by atoms with Gasteiger partial charge in [-0.05, 0) is 27.2 Å². The quantitative estimate of drug-likeness (QED) is 0.528. The highest BCUT2D eigenvalue weighted by Crippen LogP contribution is 2.21. The minimum atomic E-state index is -1.19. The van der Waals surface area contributed by atoms with Gasteiger partial charge in [-0.3, -0.25) is 14.4 Å². The topological polar surface area (TPSA) is 80.7 Å². The Morgan fingerprint density at radius 1 is 1.19 bits per heavy atom. The van der Waals surface area contributed by atoms with E-state index in [1.54, 1.807) is 6.92 Å². The summed E-state index contributed by atoms with van der Waals surface area (Å²) in [5.41, 5.74) is -1.19. The largest absolute Gasteiger partial charge is 0.481 e. The number of carboxylic acids is 1. The van der Waals surface area contributed by atoms with Crippen molar-refractivity contribution in [3.05, 3.63) is 0 Å². The molecule has 5 nitrogen and oxygen atoms in total. The molecule has 0 amide bonds. The van der Waals surface area contributed by atoms with E-state index in [9.17, 15) is 14.4 Å². The Kier molecular flexibility index (Phi) is 5.71. The fraction of sp³-hybridized carbons (Fsp3) is 0.727. The molecule has 0 fully saturated rings. The first-order valence-electron chi connectivity index (χ1n) is 5.24. The molecule has 0 aromatic carbocycles. The highest BCUT2D eigenvalue weighted by molar-refractivity contribution is 6.02. The molecule has 0 aromatic rings. The first kappa shape index (κ1) is 14.6. The predicted octanol–water partition coefficient (Wildman–Crippen LogP) is 1.40. The lowest BCUT2D eigenvalue weighted by molar-refractivity contribution is -0.157. The number of carbonyl (C=O) groups excluding carboxylic acids is 2. The first-order chi connectivity index (χ1) is 7.32. The van der Waals surface area contributed by atoms with Crippen LogP contribution >= 0.6 is 0 Å². The SMILES string of the molecule is CCOC(=O)C(C)(C)C(=O)CCCC(=O)O. The van der Waals surface area contributed by atoms with Crippen molar-refractivity contribution in [1.82, 2.24) is 0 Å². The molecular formula is C11H18O5. The molecule has 0 aromatic heterocycles. The zero-order valence-corrected chi connectivity index (χ0v) is 9.91. The summed E-state index contributed by atoms with van der Waals surface area (Å²) in [6.07, 6.45) is 0.264. The van der Waals surface area contributed by atoms with E-state index in [0.717, 1.165) is 0 Å². The molecule has 1 N–H and O–H groups in total. The Morgan fingerprint density at radius 3 is 2.19 bits per heavy atom. The number of carbonyl (C=O) groups is 3. The Morgan fingerprint density at radius 2 is 1.75 bits per heavy atom. The average Bonchev–Trinajstić information content (AvgIpc) is 2.17. The average molecular weight is 230 g/mol. The Balaban J connectivity index is 4.24. The zero-order chi connectivity index (χ0) is 12.8.